The lowest BCUT2D eigenvalue weighted by Crippen LogP contribution is -2.36. The van der Waals surface area contributed by atoms with Crippen molar-refractivity contribution in [3.8, 4) is 0 Å². The van der Waals surface area contributed by atoms with Gasteiger partial charge in [0.15, 0.2) is 34.0 Å². The van der Waals surface area contributed by atoms with Crippen LogP contribution in [0.4, 0.5) is 57.7 Å². The molecule has 9 N–H and O–H groups in total. The second-order valence-corrected chi connectivity index (χ2v) is 22.9. The van der Waals surface area contributed by atoms with E-state index in [-0.39, 0.29) is 37.2 Å². The zero-order valence-corrected chi connectivity index (χ0v) is 51.4. The largest absolute Gasteiger partial charge is 0.399 e. The van der Waals surface area contributed by atoms with Crippen LogP contribution >= 0.6 is 11.6 Å². The zero-order valence-electron chi connectivity index (χ0n) is 50.6. The van der Waals surface area contributed by atoms with E-state index in [4.69, 9.17) is 37.3 Å². The Balaban J connectivity index is 0.000000231. The third-order valence-electron chi connectivity index (χ3n) is 15.2. The van der Waals surface area contributed by atoms with Gasteiger partial charge < -0.3 is 61.9 Å². The summed E-state index contributed by atoms with van der Waals surface area (Å²) in [5.41, 5.74) is 13.7. The summed E-state index contributed by atoms with van der Waals surface area (Å²) in [4.78, 5) is 79.9. The van der Waals surface area contributed by atoms with Crippen LogP contribution in [0.3, 0.4) is 0 Å². The van der Waals surface area contributed by atoms with Gasteiger partial charge in [0.1, 0.15) is 0 Å². The van der Waals surface area contributed by atoms with E-state index in [1.807, 2.05) is 59.4 Å². The summed E-state index contributed by atoms with van der Waals surface area (Å²) >= 11 is 4.71. The van der Waals surface area contributed by atoms with Crippen molar-refractivity contribution in [3.05, 3.63) is 146 Å². The highest BCUT2D eigenvalue weighted by Gasteiger charge is 2.26. The Morgan fingerprint density at radius 3 is 1.31 bits per heavy atom. The number of amides is 3. The number of rotatable bonds is 19. The minimum atomic E-state index is -0.509. The smallest absolute Gasteiger partial charge is 0.255 e. The van der Waals surface area contributed by atoms with Gasteiger partial charge in [0, 0.05) is 81.5 Å². The van der Waals surface area contributed by atoms with Gasteiger partial charge >= 0.3 is 0 Å². The fourth-order valence-electron chi connectivity index (χ4n) is 10.3. The van der Waals surface area contributed by atoms with E-state index in [1.54, 1.807) is 54.9 Å². The number of imidazole rings is 2. The third-order valence-corrected chi connectivity index (χ3v) is 15.3. The normalized spacial score (nSPS) is 16.3. The second kappa shape index (κ2) is 30.9. The summed E-state index contributed by atoms with van der Waals surface area (Å²) in [5.74, 6) is 1.59. The van der Waals surface area contributed by atoms with Crippen molar-refractivity contribution >= 4 is 115 Å². The van der Waals surface area contributed by atoms with Gasteiger partial charge in [0.25, 0.3) is 11.8 Å². The molecule has 2 aliphatic carbocycles. The van der Waals surface area contributed by atoms with E-state index in [9.17, 15) is 19.2 Å². The first-order valence-corrected chi connectivity index (χ1v) is 29.5. The number of nitrogen functional groups attached to an aromatic ring is 1. The number of hydrogen-bond donors (Lipinski definition) is 8. The maximum absolute atomic E-state index is 12.9. The van der Waals surface area contributed by atoms with Crippen molar-refractivity contribution in [1.82, 2.24) is 48.8 Å². The highest BCUT2D eigenvalue weighted by molar-refractivity contribution is 6.66. The van der Waals surface area contributed by atoms with Crippen LogP contribution in [0, 0.1) is 0 Å². The van der Waals surface area contributed by atoms with Gasteiger partial charge in [-0.05, 0) is 216 Å². The van der Waals surface area contributed by atoms with Crippen LogP contribution < -0.4 is 43.0 Å². The number of fused-ring (bicyclic) bond motifs is 2. The fraction of sp³-hybridized carbons (Fsp3) is 0.354. The molecule has 88 heavy (non-hydrogen) atoms. The number of benzene rings is 4. The van der Waals surface area contributed by atoms with E-state index in [1.165, 1.54) is 6.08 Å². The summed E-state index contributed by atoms with van der Waals surface area (Å²) in [6, 6.07) is 30.7. The Labute approximate surface area is 520 Å². The highest BCUT2D eigenvalue weighted by Crippen LogP contribution is 2.32. The summed E-state index contributed by atoms with van der Waals surface area (Å²) < 4.78 is 4.10. The third kappa shape index (κ3) is 17.9. The number of aromatic nitrogens is 8. The zero-order chi connectivity index (χ0) is 62.3. The van der Waals surface area contributed by atoms with Gasteiger partial charge in [-0.25, -0.2) is 9.97 Å². The lowest BCUT2D eigenvalue weighted by Gasteiger charge is -2.33. The molecular formula is C65H83ClN18O4. The van der Waals surface area contributed by atoms with Gasteiger partial charge in [0.05, 0.1) is 12.7 Å². The molecule has 0 bridgehead atoms. The molecule has 3 amide bonds. The lowest BCUT2D eigenvalue weighted by atomic mass is 9.91. The standard InChI is InChI=1S/C32H39N9O2.C29H37N9O.C3H3ClO.CH4/c1-6-27(42)34-22-12-10-21(11-13-22)31(43)36-25-9-7-8-24(18-25)35-29-28-30(41(19-33-28)20(2)3)39-32(38-29)37-23-14-16-26(17-15-23)40(4)5;1-18(2)38-17-31-25-26(35-29(36-27(25)38)34-21-12-14-24(15-13-21)37(3)4)32-22-6-5-7-23(16-22)33-28(39)19-8-10-20(30)11-9-19;1-2-3(4)5;/h6-13,18-20,23,26H,1,14-17H2,2-5H3,(H,34,42)(H,36,43)(H2,35,37,38,39);5-11,16-18,21,24H,12-15,30H2,1-4H3,(H,33,39)(H2,32,34,35,36);2H,1H2;1H4. The van der Waals surface area contributed by atoms with Crippen LogP contribution in [0.1, 0.15) is 119 Å². The number of allylic oxidation sites excluding steroid dienone is 1. The predicted octanol–water partition coefficient (Wildman–Crippen LogP) is 12.7. The van der Waals surface area contributed by atoms with E-state index in [2.05, 4.69) is 131 Å². The number of hydrogen-bond acceptors (Lipinski definition) is 17. The van der Waals surface area contributed by atoms with Crippen LogP contribution in [0.5, 0.6) is 0 Å². The van der Waals surface area contributed by atoms with Gasteiger partial charge in [-0.15, -0.1) is 0 Å². The molecule has 2 fully saturated rings. The molecule has 4 aromatic heterocycles. The number of carbonyl (C=O) groups is 4. The van der Waals surface area contributed by atoms with E-state index < -0.39 is 5.24 Å². The van der Waals surface area contributed by atoms with Crippen molar-refractivity contribution < 1.29 is 19.2 Å². The first-order valence-electron chi connectivity index (χ1n) is 29.2. The molecule has 23 heteroatoms. The van der Waals surface area contributed by atoms with Crippen LogP contribution in [0.25, 0.3) is 22.3 Å². The highest BCUT2D eigenvalue weighted by atomic mass is 35.5. The van der Waals surface area contributed by atoms with Crippen LogP contribution in [0.15, 0.2) is 135 Å². The van der Waals surface area contributed by atoms with Crippen molar-refractivity contribution in [3.63, 3.8) is 0 Å². The molecule has 0 spiro atoms. The average molecular weight is 1220 g/mol. The molecule has 2 saturated carbocycles. The number of halogens is 1. The number of anilines is 10. The Kier molecular flexibility index (Phi) is 23.3. The van der Waals surface area contributed by atoms with Crippen LogP contribution in [0.2, 0.25) is 0 Å². The Hall–Kier alpha value is -9.25. The van der Waals surface area contributed by atoms with E-state index in [0.29, 0.717) is 92.6 Å². The molecular weight excluding hydrogens is 1130 g/mol. The molecule has 4 aromatic carbocycles. The predicted molar refractivity (Wildman–Crippen MR) is 357 cm³/mol. The van der Waals surface area contributed by atoms with Gasteiger partial charge in [0.2, 0.25) is 23.0 Å². The van der Waals surface area contributed by atoms with Crippen molar-refractivity contribution in [2.75, 3.05) is 71.1 Å². The molecule has 10 rings (SSSR count). The summed E-state index contributed by atoms with van der Waals surface area (Å²) in [7, 11) is 8.59. The second-order valence-electron chi connectivity index (χ2n) is 22.6. The van der Waals surface area contributed by atoms with Gasteiger partial charge in [-0.2, -0.15) is 19.9 Å². The van der Waals surface area contributed by atoms with Gasteiger partial charge in [-0.1, -0.05) is 32.7 Å². The van der Waals surface area contributed by atoms with E-state index in [0.717, 1.165) is 80.1 Å². The maximum atomic E-state index is 12.9. The van der Waals surface area contributed by atoms with Crippen LogP contribution in [-0.2, 0) is 9.59 Å². The summed E-state index contributed by atoms with van der Waals surface area (Å²) in [6.07, 6.45) is 14.7. The number of nitrogens with zero attached hydrogens (tertiary/aromatic N) is 10. The van der Waals surface area contributed by atoms with E-state index >= 15 is 0 Å². The summed E-state index contributed by atoms with van der Waals surface area (Å²) in [5, 5.41) is 22.0. The minimum Gasteiger partial charge on any atom is -0.399 e. The molecule has 4 heterocycles. The molecule has 0 saturated heterocycles. The SMILES string of the molecule is C.C=CC(=O)Cl.C=CC(=O)Nc1ccc(C(=O)Nc2cccc(Nc3nc(NC4CCC(N(C)C)CC4)nc4c3ncn4C(C)C)c2)cc1.CC(C)n1cnc2c(Nc3cccc(NC(=O)c4ccc(N)cc4)c3)nc(NC3CCC(N(C)C)CC3)nc21. The maximum Gasteiger partial charge on any atom is 0.255 e. The minimum absolute atomic E-state index is 0. The number of nitrogens with two attached hydrogens (primary N) is 1. The first-order chi connectivity index (χ1) is 41.7. The molecule has 8 aromatic rings. The Morgan fingerprint density at radius 1 is 0.557 bits per heavy atom. The van der Waals surface area contributed by atoms with Crippen molar-refractivity contribution in [2.24, 2.45) is 0 Å². The molecule has 464 valence electrons. The molecule has 0 atom stereocenters. The first kappa shape index (κ1) is 66.3. The van der Waals surface area contributed by atoms with Crippen LogP contribution in [-0.4, -0.2) is 124 Å². The molecule has 2 aliphatic rings. The topological polar surface area (TPSA) is 272 Å². The quantitative estimate of drug-likeness (QED) is 0.0212. The fourth-order valence-corrected chi connectivity index (χ4v) is 10.3. The van der Waals surface area contributed by atoms with Crippen molar-refractivity contribution in [1.29, 1.82) is 0 Å². The number of carbonyl (C=O) groups excluding carboxylic acids is 4. The monoisotopic (exact) mass is 1210 g/mol. The average Bonchev–Trinajstić information content (AvgIpc) is 2.93. The van der Waals surface area contributed by atoms with Gasteiger partial charge in [-0.3, -0.25) is 19.2 Å². The number of nitrogens with one attached hydrogen (secondary N) is 7. The Bertz CT molecular complexity index is 3680. The molecule has 22 nitrogen and oxygen atoms in total. The lowest BCUT2D eigenvalue weighted by molar-refractivity contribution is -0.112. The Morgan fingerprint density at radius 2 is 0.943 bits per heavy atom. The summed E-state index contributed by atoms with van der Waals surface area (Å²) in [6.45, 7) is 14.9. The van der Waals surface area contributed by atoms with Crippen molar-refractivity contribution in [2.45, 2.75) is 123 Å². The molecule has 0 aliphatic heterocycles. The molecule has 0 radical (unpaired) electrons. The molecule has 0 unspecified atom stereocenters.